The van der Waals surface area contributed by atoms with Crippen molar-refractivity contribution in [3.63, 3.8) is 0 Å². The van der Waals surface area contributed by atoms with Gasteiger partial charge < -0.3 is 9.47 Å². The minimum absolute atomic E-state index is 0.234. The number of ether oxygens (including phenoxy) is 2. The summed E-state index contributed by atoms with van der Waals surface area (Å²) in [6.45, 7) is 5.68. The molecule has 2 aliphatic rings. The average Bonchev–Trinajstić information content (AvgIpc) is 3.16. The highest BCUT2D eigenvalue weighted by Crippen LogP contribution is 2.45. The molecular formula is C28H29NO4S. The highest BCUT2D eigenvalue weighted by molar-refractivity contribution is 7.89. The molecule has 1 fully saturated rings. The molecule has 0 unspecified atom stereocenters. The minimum atomic E-state index is -3.79. The highest BCUT2D eigenvalue weighted by atomic mass is 32.2. The van der Waals surface area contributed by atoms with E-state index < -0.39 is 34.1 Å². The van der Waals surface area contributed by atoms with E-state index in [1.165, 1.54) is 0 Å². The molecule has 0 bridgehead atoms. The van der Waals surface area contributed by atoms with Crippen LogP contribution in [0.2, 0.25) is 0 Å². The van der Waals surface area contributed by atoms with Gasteiger partial charge in [0, 0.05) is 5.92 Å². The lowest BCUT2D eigenvalue weighted by Crippen LogP contribution is -2.53. The molecule has 3 aromatic rings. The Morgan fingerprint density at radius 3 is 2.09 bits per heavy atom. The third kappa shape index (κ3) is 4.46. The van der Waals surface area contributed by atoms with Crippen LogP contribution in [0.5, 0.6) is 0 Å². The van der Waals surface area contributed by atoms with Gasteiger partial charge >= 0.3 is 0 Å². The second-order valence-corrected chi connectivity index (χ2v) is 11.1. The van der Waals surface area contributed by atoms with E-state index in [9.17, 15) is 8.42 Å². The maximum atomic E-state index is 13.5. The van der Waals surface area contributed by atoms with Crippen LogP contribution in [-0.4, -0.2) is 32.5 Å². The summed E-state index contributed by atoms with van der Waals surface area (Å²) < 4.78 is 42.6. The summed E-state index contributed by atoms with van der Waals surface area (Å²) in [5, 5.41) is 0. The molecule has 34 heavy (non-hydrogen) atoms. The predicted octanol–water partition coefficient (Wildman–Crippen LogP) is 5.04. The topological polar surface area (TPSA) is 64.6 Å². The second-order valence-electron chi connectivity index (χ2n) is 9.41. The molecule has 1 aliphatic carbocycles. The van der Waals surface area contributed by atoms with Crippen LogP contribution in [0.3, 0.4) is 0 Å². The Morgan fingerprint density at radius 2 is 1.44 bits per heavy atom. The molecule has 5 nitrogen and oxygen atoms in total. The Kier molecular flexibility index (Phi) is 5.94. The zero-order valence-electron chi connectivity index (χ0n) is 19.5. The molecule has 1 saturated heterocycles. The molecule has 1 N–H and O–H groups in total. The number of benzene rings is 3. The van der Waals surface area contributed by atoms with Crippen molar-refractivity contribution in [1.29, 1.82) is 0 Å². The van der Waals surface area contributed by atoms with E-state index in [1.54, 1.807) is 24.3 Å². The predicted molar refractivity (Wildman–Crippen MR) is 133 cm³/mol. The number of fused-ring (bicyclic) bond motifs is 1. The lowest BCUT2D eigenvalue weighted by molar-refractivity contribution is -0.144. The third-order valence-electron chi connectivity index (χ3n) is 6.45. The van der Waals surface area contributed by atoms with Crippen LogP contribution < -0.4 is 4.72 Å². The van der Waals surface area contributed by atoms with Crippen molar-refractivity contribution in [2.45, 2.75) is 55.6 Å². The molecule has 0 amide bonds. The van der Waals surface area contributed by atoms with E-state index in [0.29, 0.717) is 0 Å². The molecule has 1 heterocycles. The van der Waals surface area contributed by atoms with Gasteiger partial charge in [0.1, 0.15) is 12.2 Å². The van der Waals surface area contributed by atoms with Crippen LogP contribution in [0.1, 0.15) is 36.5 Å². The molecular weight excluding hydrogens is 446 g/mol. The van der Waals surface area contributed by atoms with E-state index in [-0.39, 0.29) is 10.8 Å². The Bertz CT molecular complexity index is 1290. The van der Waals surface area contributed by atoms with Gasteiger partial charge in [-0.05, 0) is 49.6 Å². The fourth-order valence-corrected chi connectivity index (χ4v) is 6.13. The van der Waals surface area contributed by atoms with Gasteiger partial charge in [-0.25, -0.2) is 13.1 Å². The van der Waals surface area contributed by atoms with Crippen LogP contribution in [0, 0.1) is 6.92 Å². The zero-order valence-corrected chi connectivity index (χ0v) is 20.3. The maximum absolute atomic E-state index is 13.5. The number of aryl methyl sites for hydroxylation is 1. The Balaban J connectivity index is 1.62. The molecule has 4 atom stereocenters. The van der Waals surface area contributed by atoms with Crippen LogP contribution in [0.15, 0.2) is 95.9 Å². The lowest BCUT2D eigenvalue weighted by Gasteiger charge is -2.38. The van der Waals surface area contributed by atoms with E-state index in [1.807, 2.05) is 69.3 Å². The van der Waals surface area contributed by atoms with Crippen molar-refractivity contribution in [2.24, 2.45) is 0 Å². The summed E-state index contributed by atoms with van der Waals surface area (Å²) in [4.78, 5) is 0.234. The van der Waals surface area contributed by atoms with E-state index in [0.717, 1.165) is 22.3 Å². The van der Waals surface area contributed by atoms with Crippen molar-refractivity contribution in [3.05, 3.63) is 108 Å². The first-order chi connectivity index (χ1) is 16.2. The van der Waals surface area contributed by atoms with E-state index in [4.69, 9.17) is 9.47 Å². The molecule has 0 aromatic heterocycles. The molecule has 3 aromatic carbocycles. The first-order valence-electron chi connectivity index (χ1n) is 11.5. The monoisotopic (exact) mass is 475 g/mol. The van der Waals surface area contributed by atoms with Crippen molar-refractivity contribution in [1.82, 2.24) is 4.72 Å². The fourth-order valence-electron chi connectivity index (χ4n) is 4.86. The number of nitrogens with one attached hydrogen (secondary N) is 1. The van der Waals surface area contributed by atoms with E-state index >= 15 is 0 Å². The van der Waals surface area contributed by atoms with Crippen LogP contribution in [-0.2, 0) is 19.5 Å². The Morgan fingerprint density at radius 1 is 0.824 bits per heavy atom. The standard InChI is InChI=1S/C28H29NO4S/c1-19-14-16-22(17-15-19)34(30,31)29-25-23(20-10-6-4-7-11-20)18-24(21-12-8-5-9-13-21)26-27(25)33-28(2,3)32-26/h4-18,23,25-27,29H,1-3H3/t23-,25+,26+,27-/m0/s1. The number of rotatable bonds is 5. The van der Waals surface area contributed by atoms with Crippen molar-refractivity contribution >= 4 is 15.6 Å². The van der Waals surface area contributed by atoms with Gasteiger partial charge in [-0.2, -0.15) is 0 Å². The second kappa shape index (κ2) is 8.78. The van der Waals surface area contributed by atoms with Crippen LogP contribution in [0.25, 0.3) is 5.57 Å². The minimum Gasteiger partial charge on any atom is -0.342 e. The highest BCUT2D eigenvalue weighted by Gasteiger charge is 2.52. The Hall–Kier alpha value is -2.77. The molecule has 0 radical (unpaired) electrons. The number of sulfonamides is 1. The van der Waals surface area contributed by atoms with Crippen molar-refractivity contribution < 1.29 is 17.9 Å². The molecule has 6 heteroatoms. The molecule has 0 spiro atoms. The largest absolute Gasteiger partial charge is 0.342 e. The van der Waals surface area contributed by atoms with Crippen LogP contribution >= 0.6 is 0 Å². The smallest absolute Gasteiger partial charge is 0.240 e. The van der Waals surface area contributed by atoms with Gasteiger partial charge in [0.15, 0.2) is 5.79 Å². The first-order valence-corrected chi connectivity index (χ1v) is 13.0. The number of hydrogen-bond donors (Lipinski definition) is 1. The number of hydrogen-bond acceptors (Lipinski definition) is 4. The Labute approximate surface area is 201 Å². The molecule has 1 aliphatic heterocycles. The van der Waals surface area contributed by atoms with Gasteiger partial charge in [-0.3, -0.25) is 0 Å². The van der Waals surface area contributed by atoms with Crippen LogP contribution in [0.4, 0.5) is 0 Å². The van der Waals surface area contributed by atoms with Crippen molar-refractivity contribution in [3.8, 4) is 0 Å². The van der Waals surface area contributed by atoms with E-state index in [2.05, 4.69) is 22.9 Å². The normalized spacial score (nSPS) is 26.0. The molecule has 0 saturated carbocycles. The summed E-state index contributed by atoms with van der Waals surface area (Å²) in [5.74, 6) is -1.09. The van der Waals surface area contributed by atoms with Gasteiger partial charge in [-0.1, -0.05) is 84.4 Å². The van der Waals surface area contributed by atoms with Gasteiger partial charge in [-0.15, -0.1) is 0 Å². The maximum Gasteiger partial charge on any atom is 0.240 e. The van der Waals surface area contributed by atoms with Gasteiger partial charge in [0.25, 0.3) is 0 Å². The SMILES string of the molecule is Cc1ccc(S(=O)(=O)N[C@H]2[C@@H]3OC(C)(C)O[C@@H]3C(c3ccccc3)=C[C@H]2c2ccccc2)cc1. The lowest BCUT2D eigenvalue weighted by atomic mass is 9.77. The first kappa shape index (κ1) is 23.0. The summed E-state index contributed by atoms with van der Waals surface area (Å²) in [6.07, 6.45) is 1.24. The summed E-state index contributed by atoms with van der Waals surface area (Å²) >= 11 is 0. The quantitative estimate of drug-likeness (QED) is 0.561. The van der Waals surface area contributed by atoms with Gasteiger partial charge in [0.05, 0.1) is 10.9 Å². The van der Waals surface area contributed by atoms with Crippen molar-refractivity contribution in [2.75, 3.05) is 0 Å². The average molecular weight is 476 g/mol. The molecule has 176 valence electrons. The third-order valence-corrected chi connectivity index (χ3v) is 7.92. The van der Waals surface area contributed by atoms with Gasteiger partial charge in [0.2, 0.25) is 10.0 Å². The molecule has 5 rings (SSSR count). The summed E-state index contributed by atoms with van der Waals surface area (Å²) in [5.41, 5.74) is 4.07. The zero-order chi connectivity index (χ0) is 23.9. The summed E-state index contributed by atoms with van der Waals surface area (Å²) in [7, 11) is -3.79. The fraction of sp³-hybridized carbons (Fsp3) is 0.286. The summed E-state index contributed by atoms with van der Waals surface area (Å²) in [6, 6.07) is 26.4.